The summed E-state index contributed by atoms with van der Waals surface area (Å²) in [6.45, 7) is 1.65. The Hall–Kier alpha value is -3.47. The smallest absolute Gasteiger partial charge is 0.404 e. The number of thiol groups is 1. The lowest BCUT2D eigenvalue weighted by Gasteiger charge is -2.23. The third kappa shape index (κ3) is 7.56. The maximum atomic E-state index is 13.4. The largest absolute Gasteiger partial charge is 0.573 e. The van der Waals surface area contributed by atoms with Gasteiger partial charge >= 0.3 is 6.36 Å². The van der Waals surface area contributed by atoms with Crippen LogP contribution in [0.4, 0.5) is 17.6 Å². The second-order valence-corrected chi connectivity index (χ2v) is 9.67. The molecule has 0 radical (unpaired) electrons. The normalized spacial score (nSPS) is 14.1. The third-order valence-corrected chi connectivity index (χ3v) is 6.76. The van der Waals surface area contributed by atoms with Gasteiger partial charge in [0.15, 0.2) is 11.4 Å². The van der Waals surface area contributed by atoms with E-state index in [9.17, 15) is 22.4 Å². The van der Waals surface area contributed by atoms with Crippen molar-refractivity contribution in [3.63, 3.8) is 0 Å². The van der Waals surface area contributed by atoms with Crippen molar-refractivity contribution in [1.29, 1.82) is 0 Å². The molecule has 39 heavy (non-hydrogen) atoms. The number of hydrogen-bond donors (Lipinski definition) is 1. The Labute approximate surface area is 228 Å². The van der Waals surface area contributed by atoms with Crippen LogP contribution in [0, 0.1) is 12.7 Å². The first-order valence-corrected chi connectivity index (χ1v) is 13.2. The number of aryl methyl sites for hydroxylation is 1. The minimum Gasteiger partial charge on any atom is -0.404 e. The van der Waals surface area contributed by atoms with Crippen LogP contribution in [0.3, 0.4) is 0 Å². The first kappa shape index (κ1) is 28.5. The molecule has 0 N–H and O–H groups in total. The van der Waals surface area contributed by atoms with Gasteiger partial charge in [0, 0.05) is 17.5 Å². The predicted octanol–water partition coefficient (Wildman–Crippen LogP) is 6.75. The van der Waals surface area contributed by atoms with Crippen LogP contribution in [-0.2, 0) is 12.3 Å². The molecule has 206 valence electrons. The van der Waals surface area contributed by atoms with Crippen molar-refractivity contribution in [1.82, 2.24) is 19.5 Å². The molecule has 0 atom stereocenters. The Balaban J connectivity index is 0.000000379. The van der Waals surface area contributed by atoms with Gasteiger partial charge in [0.1, 0.15) is 17.0 Å². The lowest BCUT2D eigenvalue weighted by molar-refractivity contribution is -0.275. The van der Waals surface area contributed by atoms with Crippen molar-refractivity contribution in [2.45, 2.75) is 63.6 Å². The highest BCUT2D eigenvalue weighted by molar-refractivity contribution is 7.79. The molecular weight excluding hydrogens is 532 g/mol. The van der Waals surface area contributed by atoms with E-state index >= 15 is 0 Å². The third-order valence-electron chi connectivity index (χ3n) is 6.44. The summed E-state index contributed by atoms with van der Waals surface area (Å²) >= 11 is 4.24. The van der Waals surface area contributed by atoms with E-state index in [0.29, 0.717) is 28.2 Å². The number of alkyl halides is 3. The molecule has 1 aliphatic carbocycles. The van der Waals surface area contributed by atoms with E-state index < -0.39 is 12.1 Å². The fraction of sp³-hybridized carbons (Fsp3) is 0.357. The van der Waals surface area contributed by atoms with Crippen LogP contribution < -0.4 is 10.3 Å². The minimum atomic E-state index is -4.87. The Bertz CT molecular complexity index is 1470. The maximum absolute atomic E-state index is 13.4. The van der Waals surface area contributed by atoms with Gasteiger partial charge in [-0.25, -0.2) is 14.4 Å². The number of fused-ring (bicyclic) bond motifs is 1. The number of benzene rings is 1. The van der Waals surface area contributed by atoms with Gasteiger partial charge in [-0.05, 0) is 61.6 Å². The molecule has 3 heterocycles. The average Bonchev–Trinajstić information content (AvgIpc) is 2.90. The fourth-order valence-corrected chi connectivity index (χ4v) is 4.80. The summed E-state index contributed by atoms with van der Waals surface area (Å²) < 4.78 is 56.1. The summed E-state index contributed by atoms with van der Waals surface area (Å²) in [6, 6.07) is 10.8. The van der Waals surface area contributed by atoms with Crippen molar-refractivity contribution in [2.75, 3.05) is 0 Å². The summed E-state index contributed by atoms with van der Waals surface area (Å²) in [7, 11) is 0. The molecule has 0 spiro atoms. The van der Waals surface area contributed by atoms with E-state index in [1.165, 1.54) is 41.2 Å². The van der Waals surface area contributed by atoms with Crippen molar-refractivity contribution in [2.24, 2.45) is 0 Å². The van der Waals surface area contributed by atoms with Gasteiger partial charge < -0.3 is 4.74 Å². The van der Waals surface area contributed by atoms with Gasteiger partial charge in [-0.15, -0.1) is 13.2 Å². The van der Waals surface area contributed by atoms with Crippen LogP contribution in [-0.4, -0.2) is 25.9 Å². The molecule has 1 fully saturated rings. The molecule has 0 amide bonds. The molecule has 0 unspecified atom stereocenters. The monoisotopic (exact) mass is 560 g/mol. The van der Waals surface area contributed by atoms with Crippen molar-refractivity contribution >= 4 is 23.8 Å². The molecule has 1 aromatic carbocycles. The molecule has 0 bridgehead atoms. The number of nitrogens with zero attached hydrogens (tertiary/aromatic N) is 4. The molecule has 1 saturated carbocycles. The standard InChI is InChI=1S/C21H21F3N4O2S.C7H7F/c22-21(23,24)30-18-7-4-8-25-17(18)11-28-19-16(27-14(12-31)10-26-19)9-15(20(28)29)13-5-2-1-3-6-13;1-6-3-2-4-7(8)5-6/h4,7-10,13,31H,1-3,5-6,11-12H2;2-5H,1H3. The Kier molecular flexibility index (Phi) is 9.21. The van der Waals surface area contributed by atoms with Gasteiger partial charge in [-0.3, -0.25) is 14.3 Å². The zero-order valence-electron chi connectivity index (χ0n) is 21.3. The van der Waals surface area contributed by atoms with E-state index in [2.05, 4.69) is 32.3 Å². The summed E-state index contributed by atoms with van der Waals surface area (Å²) in [6.07, 6.45) is 3.00. The number of ether oxygens (including phenoxy) is 1. The van der Waals surface area contributed by atoms with Gasteiger partial charge in [-0.1, -0.05) is 31.4 Å². The lowest BCUT2D eigenvalue weighted by Crippen LogP contribution is -2.29. The number of halogens is 4. The number of pyridine rings is 2. The van der Waals surface area contributed by atoms with Gasteiger partial charge in [0.2, 0.25) is 0 Å². The van der Waals surface area contributed by atoms with Gasteiger partial charge in [0.05, 0.1) is 18.4 Å². The summed E-state index contributed by atoms with van der Waals surface area (Å²) in [5.41, 5.74) is 2.74. The number of hydrogen-bond acceptors (Lipinski definition) is 6. The van der Waals surface area contributed by atoms with Crippen LogP contribution in [0.25, 0.3) is 11.2 Å². The first-order valence-electron chi connectivity index (χ1n) is 12.6. The van der Waals surface area contributed by atoms with E-state index in [1.807, 2.05) is 13.0 Å². The molecule has 5 rings (SSSR count). The minimum absolute atomic E-state index is 0.0101. The molecule has 1 aliphatic rings. The topological polar surface area (TPSA) is 69.9 Å². The zero-order valence-corrected chi connectivity index (χ0v) is 22.2. The maximum Gasteiger partial charge on any atom is 0.573 e. The SMILES string of the molecule is Cc1cccc(F)c1.O=c1c(C2CCCCC2)cc2nc(CS)cnc2n1Cc1ncccc1OC(F)(F)F. The fourth-order valence-electron chi connectivity index (χ4n) is 4.65. The molecular formula is C28H28F4N4O2S. The zero-order chi connectivity index (χ0) is 28.0. The lowest BCUT2D eigenvalue weighted by atomic mass is 9.84. The highest BCUT2D eigenvalue weighted by Crippen LogP contribution is 2.32. The van der Waals surface area contributed by atoms with Crippen molar-refractivity contribution in [3.8, 4) is 5.75 Å². The Morgan fingerprint density at radius 1 is 1.08 bits per heavy atom. The summed E-state index contributed by atoms with van der Waals surface area (Å²) in [4.78, 5) is 26.4. The van der Waals surface area contributed by atoms with E-state index in [4.69, 9.17) is 0 Å². The first-order chi connectivity index (χ1) is 18.6. The Morgan fingerprint density at radius 3 is 2.49 bits per heavy atom. The molecule has 0 saturated heterocycles. The number of aromatic nitrogens is 4. The Morgan fingerprint density at radius 2 is 1.85 bits per heavy atom. The van der Waals surface area contributed by atoms with E-state index in [0.717, 1.165) is 37.7 Å². The average molecular weight is 561 g/mol. The summed E-state index contributed by atoms with van der Waals surface area (Å²) in [5.74, 6) is -0.138. The number of rotatable bonds is 5. The molecule has 4 aromatic rings. The van der Waals surface area contributed by atoms with Gasteiger partial charge in [0.25, 0.3) is 5.56 Å². The van der Waals surface area contributed by atoms with Crippen LogP contribution in [0.5, 0.6) is 5.75 Å². The highest BCUT2D eigenvalue weighted by atomic mass is 32.1. The van der Waals surface area contributed by atoms with Gasteiger partial charge in [-0.2, -0.15) is 12.6 Å². The molecule has 3 aromatic heterocycles. The highest BCUT2D eigenvalue weighted by Gasteiger charge is 2.32. The van der Waals surface area contributed by atoms with E-state index in [-0.39, 0.29) is 29.5 Å². The van der Waals surface area contributed by atoms with Crippen LogP contribution in [0.15, 0.2) is 59.7 Å². The molecule has 11 heteroatoms. The van der Waals surface area contributed by atoms with Crippen LogP contribution in [0.2, 0.25) is 0 Å². The summed E-state index contributed by atoms with van der Waals surface area (Å²) in [5, 5.41) is 0. The quantitative estimate of drug-likeness (QED) is 0.216. The second-order valence-electron chi connectivity index (χ2n) is 9.35. The molecule has 6 nitrogen and oxygen atoms in total. The molecule has 0 aliphatic heterocycles. The predicted molar refractivity (Wildman–Crippen MR) is 143 cm³/mol. The second kappa shape index (κ2) is 12.6. The van der Waals surface area contributed by atoms with Crippen molar-refractivity contribution in [3.05, 3.63) is 93.5 Å². The van der Waals surface area contributed by atoms with Crippen LogP contribution in [0.1, 0.15) is 60.5 Å². The van der Waals surface area contributed by atoms with E-state index in [1.54, 1.807) is 12.1 Å². The van der Waals surface area contributed by atoms with Crippen molar-refractivity contribution < 1.29 is 22.3 Å². The van der Waals surface area contributed by atoms with Crippen LogP contribution >= 0.6 is 12.6 Å².